The zero-order valence-corrected chi connectivity index (χ0v) is 16.1. The molecule has 0 fully saturated rings. The summed E-state index contributed by atoms with van der Waals surface area (Å²) in [4.78, 5) is 4.19. The molecular weight excluding hydrogens is 380 g/mol. The molecule has 1 aromatic rings. The van der Waals surface area contributed by atoms with E-state index < -0.39 is 0 Å². The van der Waals surface area contributed by atoms with Gasteiger partial charge in [0.1, 0.15) is 5.82 Å². The molecule has 0 bridgehead atoms. The molecule has 0 radical (unpaired) electrons. The molecule has 120 valence electrons. The van der Waals surface area contributed by atoms with E-state index in [4.69, 9.17) is 0 Å². The van der Waals surface area contributed by atoms with Crippen LogP contribution in [0.5, 0.6) is 0 Å². The predicted molar refractivity (Wildman–Crippen MR) is 99.1 cm³/mol. The lowest BCUT2D eigenvalue weighted by molar-refractivity contribution is 0.459. The topological polar surface area (TPSA) is 36.4 Å². The minimum Gasteiger partial charge on any atom is -0.356 e. The standard InChI is InChI=1S/C16H26FN3.HI/c1-15(2,3)20-14(18-6)19-11-16(4,5)12-9-7-8-10-13(12)17;/h7-10H,11H2,1-6H3,(H2,18,19,20);1H. The van der Waals surface area contributed by atoms with Crippen LogP contribution in [-0.4, -0.2) is 25.1 Å². The molecular formula is C16H27FIN3. The van der Waals surface area contributed by atoms with Crippen molar-refractivity contribution in [2.45, 2.75) is 45.6 Å². The molecule has 0 saturated heterocycles. The summed E-state index contributed by atoms with van der Waals surface area (Å²) in [5.74, 6) is 0.556. The van der Waals surface area contributed by atoms with Gasteiger partial charge in [-0.3, -0.25) is 4.99 Å². The average molecular weight is 407 g/mol. The molecule has 5 heteroatoms. The van der Waals surface area contributed by atoms with Crippen LogP contribution in [0.15, 0.2) is 29.3 Å². The molecule has 0 aliphatic heterocycles. The van der Waals surface area contributed by atoms with Crippen LogP contribution in [0.3, 0.4) is 0 Å². The molecule has 2 N–H and O–H groups in total. The van der Waals surface area contributed by atoms with E-state index in [9.17, 15) is 4.39 Å². The number of hydrogen-bond acceptors (Lipinski definition) is 1. The molecule has 0 spiro atoms. The van der Waals surface area contributed by atoms with E-state index >= 15 is 0 Å². The molecule has 0 aliphatic carbocycles. The Morgan fingerprint density at radius 3 is 2.19 bits per heavy atom. The number of benzene rings is 1. The number of guanidine groups is 1. The molecule has 0 aromatic heterocycles. The lowest BCUT2D eigenvalue weighted by atomic mass is 9.84. The fourth-order valence-electron chi connectivity index (χ4n) is 1.94. The highest BCUT2D eigenvalue weighted by Gasteiger charge is 2.24. The molecule has 0 heterocycles. The summed E-state index contributed by atoms with van der Waals surface area (Å²) < 4.78 is 13.9. The van der Waals surface area contributed by atoms with Crippen molar-refractivity contribution in [2.24, 2.45) is 4.99 Å². The molecule has 0 saturated carbocycles. The first-order valence-electron chi connectivity index (χ1n) is 6.89. The first-order valence-corrected chi connectivity index (χ1v) is 6.89. The highest BCUT2D eigenvalue weighted by atomic mass is 127. The normalized spacial score (nSPS) is 12.6. The summed E-state index contributed by atoms with van der Waals surface area (Å²) >= 11 is 0. The Hall–Kier alpha value is -0.850. The van der Waals surface area contributed by atoms with E-state index in [1.165, 1.54) is 6.07 Å². The minimum atomic E-state index is -0.319. The van der Waals surface area contributed by atoms with E-state index in [0.29, 0.717) is 12.1 Å². The Labute approximate surface area is 144 Å². The monoisotopic (exact) mass is 407 g/mol. The van der Waals surface area contributed by atoms with Crippen LogP contribution in [0.2, 0.25) is 0 Å². The number of rotatable bonds is 3. The number of nitrogens with one attached hydrogen (secondary N) is 2. The van der Waals surface area contributed by atoms with E-state index in [0.717, 1.165) is 5.96 Å². The van der Waals surface area contributed by atoms with Gasteiger partial charge in [-0.15, -0.1) is 24.0 Å². The van der Waals surface area contributed by atoms with Gasteiger partial charge in [0.05, 0.1) is 0 Å². The lowest BCUT2D eigenvalue weighted by Crippen LogP contribution is -2.50. The predicted octanol–water partition coefficient (Wildman–Crippen LogP) is 3.68. The molecule has 1 aromatic carbocycles. The maximum atomic E-state index is 13.9. The first kappa shape index (κ1) is 20.1. The Morgan fingerprint density at radius 2 is 1.71 bits per heavy atom. The second kappa shape index (κ2) is 7.96. The zero-order valence-electron chi connectivity index (χ0n) is 13.7. The van der Waals surface area contributed by atoms with Crippen molar-refractivity contribution in [1.29, 1.82) is 0 Å². The van der Waals surface area contributed by atoms with Crippen LogP contribution in [0.25, 0.3) is 0 Å². The van der Waals surface area contributed by atoms with Gasteiger partial charge in [0.15, 0.2) is 5.96 Å². The largest absolute Gasteiger partial charge is 0.356 e. The summed E-state index contributed by atoms with van der Waals surface area (Å²) in [5, 5.41) is 6.55. The Balaban J connectivity index is 0.00000400. The highest BCUT2D eigenvalue weighted by Crippen LogP contribution is 2.24. The van der Waals surface area contributed by atoms with Gasteiger partial charge in [-0.25, -0.2) is 4.39 Å². The fraction of sp³-hybridized carbons (Fsp3) is 0.562. The number of aliphatic imine (C=N–C) groups is 1. The van der Waals surface area contributed by atoms with Crippen molar-refractivity contribution in [3.05, 3.63) is 35.6 Å². The number of halogens is 2. The molecule has 3 nitrogen and oxygen atoms in total. The summed E-state index contributed by atoms with van der Waals surface area (Å²) in [7, 11) is 1.73. The van der Waals surface area contributed by atoms with E-state index in [-0.39, 0.29) is 40.7 Å². The van der Waals surface area contributed by atoms with Crippen molar-refractivity contribution in [3.63, 3.8) is 0 Å². The van der Waals surface area contributed by atoms with Crippen LogP contribution >= 0.6 is 24.0 Å². The number of hydrogen-bond donors (Lipinski definition) is 2. The van der Waals surface area contributed by atoms with Crippen LogP contribution in [0, 0.1) is 5.82 Å². The van der Waals surface area contributed by atoms with Gasteiger partial charge in [-0.1, -0.05) is 32.0 Å². The summed E-state index contributed by atoms with van der Waals surface area (Å²) in [6.07, 6.45) is 0. The Kier molecular flexibility index (Phi) is 7.64. The van der Waals surface area contributed by atoms with E-state index in [1.807, 2.05) is 26.0 Å². The van der Waals surface area contributed by atoms with Gasteiger partial charge in [0.25, 0.3) is 0 Å². The molecule has 0 atom stereocenters. The SMILES string of the molecule is CN=C(NCC(C)(C)c1ccccc1F)NC(C)(C)C.I. The molecule has 0 aliphatic rings. The molecule has 1 rings (SSSR count). The second-order valence-electron chi connectivity index (χ2n) is 6.66. The van der Waals surface area contributed by atoms with Gasteiger partial charge in [0.2, 0.25) is 0 Å². The second-order valence-corrected chi connectivity index (χ2v) is 6.66. The van der Waals surface area contributed by atoms with Gasteiger partial charge in [-0.2, -0.15) is 0 Å². The van der Waals surface area contributed by atoms with Crippen LogP contribution in [0.1, 0.15) is 40.2 Å². The lowest BCUT2D eigenvalue weighted by Gasteiger charge is -2.29. The fourth-order valence-corrected chi connectivity index (χ4v) is 1.94. The van der Waals surface area contributed by atoms with Gasteiger partial charge in [-0.05, 0) is 32.4 Å². The number of nitrogens with zero attached hydrogens (tertiary/aromatic N) is 1. The third-order valence-corrected chi connectivity index (χ3v) is 3.02. The van der Waals surface area contributed by atoms with Crippen LogP contribution in [-0.2, 0) is 5.41 Å². The third-order valence-electron chi connectivity index (χ3n) is 3.02. The van der Waals surface area contributed by atoms with E-state index in [2.05, 4.69) is 36.4 Å². The summed E-state index contributed by atoms with van der Waals surface area (Å²) in [6, 6.07) is 6.90. The maximum absolute atomic E-state index is 13.9. The first-order chi connectivity index (χ1) is 9.15. The van der Waals surface area contributed by atoms with Crippen molar-refractivity contribution in [1.82, 2.24) is 10.6 Å². The van der Waals surface area contributed by atoms with Crippen molar-refractivity contribution in [2.75, 3.05) is 13.6 Å². The summed E-state index contributed by atoms with van der Waals surface area (Å²) in [5.41, 5.74) is 0.323. The van der Waals surface area contributed by atoms with Crippen molar-refractivity contribution >= 4 is 29.9 Å². The maximum Gasteiger partial charge on any atom is 0.191 e. The van der Waals surface area contributed by atoms with Crippen molar-refractivity contribution < 1.29 is 4.39 Å². The molecule has 0 unspecified atom stereocenters. The third kappa shape index (κ3) is 6.63. The molecule has 0 amide bonds. The van der Waals surface area contributed by atoms with E-state index in [1.54, 1.807) is 13.1 Å². The van der Waals surface area contributed by atoms with Crippen LogP contribution < -0.4 is 10.6 Å². The van der Waals surface area contributed by atoms with Gasteiger partial charge < -0.3 is 10.6 Å². The van der Waals surface area contributed by atoms with Crippen molar-refractivity contribution in [3.8, 4) is 0 Å². The highest BCUT2D eigenvalue weighted by molar-refractivity contribution is 14.0. The summed E-state index contributed by atoms with van der Waals surface area (Å²) in [6.45, 7) is 10.8. The molecule has 21 heavy (non-hydrogen) atoms. The zero-order chi connectivity index (χ0) is 15.4. The van der Waals surface area contributed by atoms with Gasteiger partial charge in [0, 0.05) is 24.5 Å². The quantitative estimate of drug-likeness (QED) is 0.456. The Bertz CT molecular complexity index is 479. The minimum absolute atomic E-state index is 0. The van der Waals surface area contributed by atoms with Crippen LogP contribution in [0.4, 0.5) is 4.39 Å². The average Bonchev–Trinajstić information content (AvgIpc) is 2.33. The van der Waals surface area contributed by atoms with Gasteiger partial charge >= 0.3 is 0 Å². The Morgan fingerprint density at radius 1 is 1.14 bits per heavy atom. The smallest absolute Gasteiger partial charge is 0.191 e.